The normalized spacial score (nSPS) is 20.4. The fourth-order valence-electron chi connectivity index (χ4n) is 3.43. The second-order valence-corrected chi connectivity index (χ2v) is 6.78. The van der Waals surface area contributed by atoms with E-state index in [0.717, 1.165) is 31.5 Å². The second-order valence-electron chi connectivity index (χ2n) is 6.78. The van der Waals surface area contributed by atoms with Crippen molar-refractivity contribution in [3.05, 3.63) is 35.6 Å². The van der Waals surface area contributed by atoms with Crippen molar-refractivity contribution in [1.29, 1.82) is 0 Å². The number of halogens is 1. The van der Waals surface area contributed by atoms with Crippen LogP contribution >= 0.6 is 0 Å². The zero-order valence-corrected chi connectivity index (χ0v) is 15.1. The summed E-state index contributed by atoms with van der Waals surface area (Å²) in [4.78, 5) is 25.6. The van der Waals surface area contributed by atoms with Gasteiger partial charge in [-0.05, 0) is 36.5 Å². The molecule has 1 aromatic rings. The van der Waals surface area contributed by atoms with Gasteiger partial charge < -0.3 is 10.6 Å². The van der Waals surface area contributed by atoms with Crippen molar-refractivity contribution < 1.29 is 14.0 Å². The first-order chi connectivity index (χ1) is 12.0. The zero-order chi connectivity index (χ0) is 18.2. The summed E-state index contributed by atoms with van der Waals surface area (Å²) in [7, 11) is 0. The number of rotatable bonds is 8. The van der Waals surface area contributed by atoms with Crippen molar-refractivity contribution in [2.75, 3.05) is 26.2 Å². The summed E-state index contributed by atoms with van der Waals surface area (Å²) in [5.74, 6) is 0.121. The molecule has 1 aliphatic rings. The number of carbonyl (C=O) groups excluding carboxylic acids is 2. The highest BCUT2D eigenvalue weighted by Gasteiger charge is 2.33. The SMILES string of the molecule is CCC[C@@H]1CN(CC(=O)NCCc2ccc(F)cc2)C[C@H]1NC(C)=O. The van der Waals surface area contributed by atoms with Crippen LogP contribution in [-0.2, 0) is 16.0 Å². The quantitative estimate of drug-likeness (QED) is 0.751. The fourth-order valence-corrected chi connectivity index (χ4v) is 3.43. The van der Waals surface area contributed by atoms with Gasteiger partial charge in [0.2, 0.25) is 11.8 Å². The van der Waals surface area contributed by atoms with Gasteiger partial charge in [-0.25, -0.2) is 4.39 Å². The number of nitrogens with zero attached hydrogens (tertiary/aromatic N) is 1. The highest BCUT2D eigenvalue weighted by Crippen LogP contribution is 2.21. The minimum atomic E-state index is -0.253. The molecule has 0 radical (unpaired) electrons. The Hall–Kier alpha value is -1.95. The second kappa shape index (κ2) is 9.51. The van der Waals surface area contributed by atoms with Crippen LogP contribution < -0.4 is 10.6 Å². The summed E-state index contributed by atoms with van der Waals surface area (Å²) in [5, 5.41) is 5.92. The van der Waals surface area contributed by atoms with E-state index < -0.39 is 0 Å². The molecular formula is C19H28FN3O2. The van der Waals surface area contributed by atoms with Crippen LogP contribution in [0.25, 0.3) is 0 Å². The molecule has 0 unspecified atom stereocenters. The van der Waals surface area contributed by atoms with E-state index in [-0.39, 0.29) is 23.7 Å². The predicted octanol–water partition coefficient (Wildman–Crippen LogP) is 1.72. The van der Waals surface area contributed by atoms with Crippen LogP contribution in [0.1, 0.15) is 32.3 Å². The van der Waals surface area contributed by atoms with E-state index >= 15 is 0 Å². The lowest BCUT2D eigenvalue weighted by Crippen LogP contribution is -2.41. The van der Waals surface area contributed by atoms with Crippen molar-refractivity contribution in [3.63, 3.8) is 0 Å². The van der Waals surface area contributed by atoms with E-state index in [9.17, 15) is 14.0 Å². The third kappa shape index (κ3) is 6.46. The third-order valence-corrected chi connectivity index (χ3v) is 4.58. The van der Waals surface area contributed by atoms with E-state index in [1.807, 2.05) is 0 Å². The minimum Gasteiger partial charge on any atom is -0.355 e. The Labute approximate surface area is 149 Å². The summed E-state index contributed by atoms with van der Waals surface area (Å²) >= 11 is 0. The molecule has 0 bridgehead atoms. The summed E-state index contributed by atoms with van der Waals surface area (Å²) in [6, 6.07) is 6.45. The number of hydrogen-bond donors (Lipinski definition) is 2. The van der Waals surface area contributed by atoms with Gasteiger partial charge in [0.05, 0.1) is 6.54 Å². The van der Waals surface area contributed by atoms with E-state index in [4.69, 9.17) is 0 Å². The van der Waals surface area contributed by atoms with Crippen molar-refractivity contribution in [3.8, 4) is 0 Å². The first-order valence-electron chi connectivity index (χ1n) is 8.98. The van der Waals surface area contributed by atoms with Crippen molar-refractivity contribution in [1.82, 2.24) is 15.5 Å². The first kappa shape index (κ1) is 19.4. The van der Waals surface area contributed by atoms with Crippen LogP contribution in [-0.4, -0.2) is 48.9 Å². The molecule has 138 valence electrons. The van der Waals surface area contributed by atoms with Gasteiger partial charge in [0.25, 0.3) is 0 Å². The Morgan fingerprint density at radius 2 is 1.96 bits per heavy atom. The monoisotopic (exact) mass is 349 g/mol. The van der Waals surface area contributed by atoms with Gasteiger partial charge in [-0.15, -0.1) is 0 Å². The van der Waals surface area contributed by atoms with E-state index in [2.05, 4.69) is 22.5 Å². The lowest BCUT2D eigenvalue weighted by molar-refractivity contribution is -0.122. The Bertz CT molecular complexity index is 577. The highest BCUT2D eigenvalue weighted by atomic mass is 19.1. The molecule has 0 saturated carbocycles. The van der Waals surface area contributed by atoms with E-state index in [1.54, 1.807) is 12.1 Å². The zero-order valence-electron chi connectivity index (χ0n) is 15.1. The maximum atomic E-state index is 12.9. The molecule has 25 heavy (non-hydrogen) atoms. The van der Waals surface area contributed by atoms with Crippen LogP contribution in [0.5, 0.6) is 0 Å². The van der Waals surface area contributed by atoms with Crippen LogP contribution in [0.2, 0.25) is 0 Å². The molecule has 1 aliphatic heterocycles. The molecule has 2 amide bonds. The largest absolute Gasteiger partial charge is 0.355 e. The van der Waals surface area contributed by atoms with Crippen molar-refractivity contribution in [2.45, 2.75) is 39.2 Å². The maximum absolute atomic E-state index is 12.9. The van der Waals surface area contributed by atoms with E-state index in [1.165, 1.54) is 19.1 Å². The summed E-state index contributed by atoms with van der Waals surface area (Å²) in [6.07, 6.45) is 2.80. The van der Waals surface area contributed by atoms with Gasteiger partial charge in [0, 0.05) is 32.6 Å². The lowest BCUT2D eigenvalue weighted by Gasteiger charge is -2.18. The average Bonchev–Trinajstić information content (AvgIpc) is 2.90. The smallest absolute Gasteiger partial charge is 0.234 e. The molecule has 2 rings (SSSR count). The molecule has 1 saturated heterocycles. The van der Waals surface area contributed by atoms with Crippen molar-refractivity contribution in [2.24, 2.45) is 5.92 Å². The van der Waals surface area contributed by atoms with Crippen molar-refractivity contribution >= 4 is 11.8 Å². The molecule has 1 heterocycles. The molecule has 0 spiro atoms. The molecular weight excluding hydrogens is 321 g/mol. The standard InChI is InChI=1S/C19H28FN3O2/c1-3-4-16-11-23(12-18(16)22-14(2)24)13-19(25)21-10-9-15-5-7-17(20)8-6-15/h5-8,16,18H,3-4,9-13H2,1-2H3,(H,21,25)(H,22,24)/t16-,18-/m1/s1. The van der Waals surface area contributed by atoms with Gasteiger partial charge >= 0.3 is 0 Å². The van der Waals surface area contributed by atoms with Crippen LogP contribution in [0.15, 0.2) is 24.3 Å². The predicted molar refractivity (Wildman–Crippen MR) is 95.6 cm³/mol. The first-order valence-corrected chi connectivity index (χ1v) is 8.98. The molecule has 0 aliphatic carbocycles. The average molecular weight is 349 g/mol. The highest BCUT2D eigenvalue weighted by molar-refractivity contribution is 5.78. The summed E-state index contributed by atoms with van der Waals surface area (Å²) < 4.78 is 12.9. The topological polar surface area (TPSA) is 61.4 Å². The van der Waals surface area contributed by atoms with Gasteiger partial charge in [-0.1, -0.05) is 25.5 Å². The van der Waals surface area contributed by atoms with E-state index in [0.29, 0.717) is 25.4 Å². The molecule has 2 N–H and O–H groups in total. The van der Waals surface area contributed by atoms with Gasteiger partial charge in [0.15, 0.2) is 0 Å². The summed E-state index contributed by atoms with van der Waals surface area (Å²) in [6.45, 7) is 6.11. The van der Waals surface area contributed by atoms with Crippen LogP contribution in [0.3, 0.4) is 0 Å². The minimum absolute atomic E-state index is 0.0131. The fraction of sp³-hybridized carbons (Fsp3) is 0.579. The number of amides is 2. The van der Waals surface area contributed by atoms with Crippen LogP contribution in [0, 0.1) is 11.7 Å². The Morgan fingerprint density at radius 1 is 1.24 bits per heavy atom. The van der Waals surface area contributed by atoms with Gasteiger partial charge in [-0.2, -0.15) is 0 Å². The number of carbonyl (C=O) groups is 2. The Kier molecular flexibility index (Phi) is 7.37. The third-order valence-electron chi connectivity index (χ3n) is 4.58. The number of benzene rings is 1. The number of likely N-dealkylation sites (tertiary alicyclic amines) is 1. The molecule has 2 atom stereocenters. The molecule has 1 aromatic carbocycles. The molecule has 1 fully saturated rings. The van der Waals surface area contributed by atoms with Gasteiger partial charge in [0.1, 0.15) is 5.82 Å². The van der Waals surface area contributed by atoms with Crippen LogP contribution in [0.4, 0.5) is 4.39 Å². The maximum Gasteiger partial charge on any atom is 0.234 e. The molecule has 6 heteroatoms. The number of nitrogens with one attached hydrogen (secondary N) is 2. The number of hydrogen-bond acceptors (Lipinski definition) is 3. The summed E-state index contributed by atoms with van der Waals surface area (Å²) in [5.41, 5.74) is 0.997. The Balaban J connectivity index is 1.74. The molecule has 5 nitrogen and oxygen atoms in total. The lowest BCUT2D eigenvalue weighted by atomic mass is 9.98. The molecule has 0 aromatic heterocycles. The van der Waals surface area contributed by atoms with Gasteiger partial charge in [-0.3, -0.25) is 14.5 Å². The Morgan fingerprint density at radius 3 is 2.60 bits per heavy atom.